The van der Waals surface area contributed by atoms with Crippen molar-refractivity contribution in [1.29, 1.82) is 0 Å². The topological polar surface area (TPSA) is 102 Å². The van der Waals surface area contributed by atoms with Crippen molar-refractivity contribution in [2.24, 2.45) is 0 Å². The molecule has 0 fully saturated rings. The SMILES string of the molecule is CC/C=C/C/C=C/C/C=C/CCCCCCCCC(=O)OCC(COCCC(C(=O)[O-])[N+](C)(C)C)OC(=O)CCCCCCCCC/C=C/CCCCCCCCCCCCC. The lowest BCUT2D eigenvalue weighted by molar-refractivity contribution is -0.889. The van der Waals surface area contributed by atoms with Gasteiger partial charge in [0, 0.05) is 19.3 Å². The Bertz CT molecular complexity index is 1150. The third kappa shape index (κ3) is 42.6. The van der Waals surface area contributed by atoms with Crippen LogP contribution in [0.2, 0.25) is 0 Å². The van der Waals surface area contributed by atoms with E-state index in [4.69, 9.17) is 14.2 Å². The molecule has 0 N–H and O–H groups in total. The molecular formula is C54H97NO7. The van der Waals surface area contributed by atoms with Crippen LogP contribution in [0.3, 0.4) is 0 Å². The minimum atomic E-state index is -1.13. The zero-order chi connectivity index (χ0) is 45.6. The van der Waals surface area contributed by atoms with Gasteiger partial charge in [0.15, 0.2) is 6.10 Å². The molecule has 360 valence electrons. The summed E-state index contributed by atoms with van der Waals surface area (Å²) in [4.78, 5) is 37.0. The maximum Gasteiger partial charge on any atom is 0.306 e. The van der Waals surface area contributed by atoms with Crippen molar-refractivity contribution >= 4 is 17.9 Å². The van der Waals surface area contributed by atoms with Crippen molar-refractivity contribution < 1.29 is 38.2 Å². The number of allylic oxidation sites excluding steroid dienone is 8. The molecule has 0 aliphatic carbocycles. The molecule has 2 atom stereocenters. The summed E-state index contributed by atoms with van der Waals surface area (Å²) < 4.78 is 17.2. The molecule has 62 heavy (non-hydrogen) atoms. The van der Waals surface area contributed by atoms with Gasteiger partial charge in [-0.15, -0.1) is 0 Å². The highest BCUT2D eigenvalue weighted by atomic mass is 16.6. The summed E-state index contributed by atoms with van der Waals surface area (Å²) in [5.41, 5.74) is 0. The number of esters is 2. The number of hydrogen-bond donors (Lipinski definition) is 0. The van der Waals surface area contributed by atoms with Gasteiger partial charge in [-0.3, -0.25) is 9.59 Å². The van der Waals surface area contributed by atoms with Crippen molar-refractivity contribution in [2.75, 3.05) is 41.0 Å². The molecule has 8 nitrogen and oxygen atoms in total. The number of likely N-dealkylation sites (N-methyl/N-ethyl adjacent to an activating group) is 1. The predicted molar refractivity (Wildman–Crippen MR) is 259 cm³/mol. The molecule has 0 saturated carbocycles. The molecular weight excluding hydrogens is 775 g/mol. The zero-order valence-electron chi connectivity index (χ0n) is 41.0. The summed E-state index contributed by atoms with van der Waals surface area (Å²) in [6.07, 6.45) is 54.3. The second-order valence-electron chi connectivity index (χ2n) is 18.4. The quantitative estimate of drug-likeness (QED) is 0.0260. The number of nitrogens with zero attached hydrogens (tertiary/aromatic N) is 1. The highest BCUT2D eigenvalue weighted by Crippen LogP contribution is 2.15. The molecule has 0 heterocycles. The van der Waals surface area contributed by atoms with Gasteiger partial charge in [-0.25, -0.2) is 0 Å². The Morgan fingerprint density at radius 1 is 0.500 bits per heavy atom. The number of unbranched alkanes of at least 4 members (excludes halogenated alkanes) is 24. The number of quaternary nitrogens is 1. The van der Waals surface area contributed by atoms with Crippen molar-refractivity contribution in [1.82, 2.24) is 0 Å². The molecule has 0 aliphatic rings. The molecule has 0 saturated heterocycles. The maximum absolute atomic E-state index is 12.8. The Morgan fingerprint density at radius 2 is 0.903 bits per heavy atom. The fourth-order valence-corrected chi connectivity index (χ4v) is 7.49. The lowest BCUT2D eigenvalue weighted by atomic mass is 10.0. The van der Waals surface area contributed by atoms with Gasteiger partial charge >= 0.3 is 11.9 Å². The Balaban J connectivity index is 4.24. The van der Waals surface area contributed by atoms with Crippen LogP contribution in [0.15, 0.2) is 48.6 Å². The van der Waals surface area contributed by atoms with E-state index < -0.39 is 18.1 Å². The molecule has 0 bridgehead atoms. The molecule has 0 aliphatic heterocycles. The van der Waals surface area contributed by atoms with Crippen LogP contribution in [0.25, 0.3) is 0 Å². The van der Waals surface area contributed by atoms with Crippen LogP contribution in [0.5, 0.6) is 0 Å². The van der Waals surface area contributed by atoms with Gasteiger partial charge in [0.1, 0.15) is 12.6 Å². The van der Waals surface area contributed by atoms with Crippen LogP contribution in [-0.4, -0.2) is 75.5 Å². The third-order valence-corrected chi connectivity index (χ3v) is 11.4. The van der Waals surface area contributed by atoms with Crippen molar-refractivity contribution in [3.05, 3.63) is 48.6 Å². The molecule has 0 rings (SSSR count). The third-order valence-electron chi connectivity index (χ3n) is 11.4. The van der Waals surface area contributed by atoms with E-state index in [2.05, 4.69) is 62.5 Å². The minimum absolute atomic E-state index is 0.0347. The second-order valence-corrected chi connectivity index (χ2v) is 18.4. The van der Waals surface area contributed by atoms with Gasteiger partial charge in [0.25, 0.3) is 0 Å². The summed E-state index contributed by atoms with van der Waals surface area (Å²) >= 11 is 0. The number of hydrogen-bond acceptors (Lipinski definition) is 7. The highest BCUT2D eigenvalue weighted by Gasteiger charge is 2.25. The van der Waals surface area contributed by atoms with E-state index in [9.17, 15) is 19.5 Å². The first-order valence-corrected chi connectivity index (χ1v) is 25.7. The van der Waals surface area contributed by atoms with Crippen LogP contribution in [0.4, 0.5) is 0 Å². The van der Waals surface area contributed by atoms with Gasteiger partial charge in [-0.05, 0) is 70.6 Å². The van der Waals surface area contributed by atoms with E-state index in [1.807, 2.05) is 0 Å². The average Bonchev–Trinajstić information content (AvgIpc) is 3.23. The number of carbonyl (C=O) groups excluding carboxylic acids is 3. The highest BCUT2D eigenvalue weighted by molar-refractivity contribution is 5.70. The zero-order valence-corrected chi connectivity index (χ0v) is 41.0. The molecule has 8 heteroatoms. The first-order valence-electron chi connectivity index (χ1n) is 25.7. The van der Waals surface area contributed by atoms with Gasteiger partial charge in [-0.2, -0.15) is 0 Å². The summed E-state index contributed by atoms with van der Waals surface area (Å²) in [7, 11) is 5.41. The number of carboxylic acid groups (broad SMARTS) is 1. The van der Waals surface area contributed by atoms with Gasteiger partial charge in [0.05, 0.1) is 40.3 Å². The Morgan fingerprint density at radius 3 is 1.35 bits per heavy atom. The summed E-state index contributed by atoms with van der Waals surface area (Å²) in [6.45, 7) is 4.56. The van der Waals surface area contributed by atoms with Gasteiger partial charge in [0.2, 0.25) is 0 Å². The lowest BCUT2D eigenvalue weighted by Gasteiger charge is -2.34. The molecule has 0 aromatic rings. The minimum Gasteiger partial charge on any atom is -0.544 e. The number of carboxylic acids is 1. The summed E-state index contributed by atoms with van der Waals surface area (Å²) in [5.74, 6) is -1.75. The first kappa shape index (κ1) is 59.3. The number of ether oxygens (including phenoxy) is 3. The van der Waals surface area contributed by atoms with E-state index in [0.717, 1.165) is 70.6 Å². The first-order chi connectivity index (χ1) is 30.1. The Hall–Kier alpha value is -2.71. The number of aliphatic carboxylic acids is 1. The van der Waals surface area contributed by atoms with Crippen molar-refractivity contribution in [2.45, 2.75) is 238 Å². The van der Waals surface area contributed by atoms with E-state index in [-0.39, 0.29) is 42.7 Å². The van der Waals surface area contributed by atoms with E-state index in [0.29, 0.717) is 12.8 Å². The van der Waals surface area contributed by atoms with Crippen molar-refractivity contribution in [3.63, 3.8) is 0 Å². The molecule has 0 amide bonds. The Kier molecular flexibility index (Phi) is 42.9. The average molecular weight is 872 g/mol. The monoisotopic (exact) mass is 872 g/mol. The van der Waals surface area contributed by atoms with Crippen LogP contribution >= 0.6 is 0 Å². The molecule has 0 radical (unpaired) electrons. The smallest absolute Gasteiger partial charge is 0.306 e. The molecule has 0 aromatic carbocycles. The fourth-order valence-electron chi connectivity index (χ4n) is 7.49. The van der Waals surface area contributed by atoms with Gasteiger partial charge < -0.3 is 28.6 Å². The number of carbonyl (C=O) groups is 3. The van der Waals surface area contributed by atoms with Crippen LogP contribution in [0.1, 0.15) is 226 Å². The normalized spacial score (nSPS) is 13.2. The molecule has 0 aromatic heterocycles. The second kappa shape index (κ2) is 44.9. The molecule has 0 spiro atoms. The standard InChI is InChI=1S/C54H97NO7/c1-6-8-10-12-14-16-18-20-22-24-25-26-27-28-29-31-33-35-37-39-41-43-45-53(57)62-50(48-60-47-46-51(54(58)59)55(3,4)5)49-61-52(56)44-42-40-38-36-34-32-30-23-21-19-17-15-13-11-9-7-2/h9,11,15,17,21,23,27-28,50-51H,6-8,10,12-14,16,18-20,22,24-26,29-49H2,1-5H3/b11-9+,17-15+,23-21+,28-27+. The molecule has 2 unspecified atom stereocenters. The van der Waals surface area contributed by atoms with E-state index in [1.165, 1.54) is 122 Å². The summed E-state index contributed by atoms with van der Waals surface area (Å²) in [6, 6.07) is -0.730. The largest absolute Gasteiger partial charge is 0.544 e. The Labute approximate surface area is 382 Å². The van der Waals surface area contributed by atoms with Gasteiger partial charge in [-0.1, -0.05) is 184 Å². The van der Waals surface area contributed by atoms with Crippen LogP contribution < -0.4 is 5.11 Å². The fraction of sp³-hybridized carbons (Fsp3) is 0.796. The van der Waals surface area contributed by atoms with Crippen LogP contribution in [-0.2, 0) is 28.6 Å². The van der Waals surface area contributed by atoms with E-state index >= 15 is 0 Å². The number of rotatable bonds is 46. The van der Waals surface area contributed by atoms with E-state index in [1.54, 1.807) is 21.1 Å². The lowest BCUT2D eigenvalue weighted by Crippen LogP contribution is -2.55. The summed E-state index contributed by atoms with van der Waals surface area (Å²) in [5, 5.41) is 11.7. The predicted octanol–water partition coefficient (Wildman–Crippen LogP) is 13.4. The maximum atomic E-state index is 12.8. The van der Waals surface area contributed by atoms with Crippen molar-refractivity contribution in [3.8, 4) is 0 Å². The van der Waals surface area contributed by atoms with Crippen LogP contribution in [0, 0.1) is 0 Å².